The predicted molar refractivity (Wildman–Crippen MR) is 100 cm³/mol. The van der Waals surface area contributed by atoms with Crippen molar-refractivity contribution in [1.29, 1.82) is 0 Å². The van der Waals surface area contributed by atoms with Crippen molar-refractivity contribution in [1.82, 2.24) is 9.62 Å². The van der Waals surface area contributed by atoms with E-state index in [1.54, 1.807) is 12.1 Å². The molecule has 1 fully saturated rings. The van der Waals surface area contributed by atoms with Gasteiger partial charge in [-0.1, -0.05) is 35.9 Å². The number of rotatable bonds is 4. The highest BCUT2D eigenvalue weighted by Crippen LogP contribution is 2.25. The number of hydrogen-bond acceptors (Lipinski definition) is 5. The molecule has 130 valence electrons. The molecule has 0 amide bonds. The molecule has 1 aromatic carbocycles. The molecule has 0 aromatic heterocycles. The third-order valence-corrected chi connectivity index (χ3v) is 6.70. The lowest BCUT2D eigenvalue weighted by molar-refractivity contribution is 0.251. The van der Waals surface area contributed by atoms with E-state index in [9.17, 15) is 8.42 Å². The van der Waals surface area contributed by atoms with Crippen LogP contribution >= 0.6 is 23.4 Å². The molecule has 0 radical (unpaired) electrons. The molecule has 0 saturated carbocycles. The molecule has 3 rings (SSSR count). The average Bonchev–Trinajstić information content (AvgIpc) is 3.01. The standard InChI is InChI=1S/C16H20ClN3O2S2/c17-13-4-6-15(7-5-13)24(21,22)19-16-18-12-14(23-16)8-11-20-9-2-1-3-10-20/h4-8H,1-3,9-12H2,(H,18,19)/b14-8+. The quantitative estimate of drug-likeness (QED) is 0.865. The van der Waals surface area contributed by atoms with E-state index < -0.39 is 10.0 Å². The van der Waals surface area contributed by atoms with Gasteiger partial charge in [0.1, 0.15) is 0 Å². The Hall–Kier alpha value is -1.02. The van der Waals surface area contributed by atoms with Crippen LogP contribution in [0.5, 0.6) is 0 Å². The summed E-state index contributed by atoms with van der Waals surface area (Å²) in [5.74, 6) is 0. The zero-order valence-corrected chi connectivity index (χ0v) is 15.6. The predicted octanol–water partition coefficient (Wildman–Crippen LogP) is 3.09. The Morgan fingerprint density at radius 1 is 1.21 bits per heavy atom. The van der Waals surface area contributed by atoms with Crippen LogP contribution in [-0.2, 0) is 10.0 Å². The van der Waals surface area contributed by atoms with Gasteiger partial charge in [-0.2, -0.15) is 0 Å². The molecule has 1 aromatic rings. The minimum Gasteiger partial charge on any atom is -0.300 e. The first-order valence-electron chi connectivity index (χ1n) is 7.95. The summed E-state index contributed by atoms with van der Waals surface area (Å²) < 4.78 is 27.2. The van der Waals surface area contributed by atoms with E-state index in [2.05, 4.69) is 20.7 Å². The van der Waals surface area contributed by atoms with Crippen molar-refractivity contribution in [2.45, 2.75) is 24.2 Å². The molecule has 8 heteroatoms. The number of aliphatic imine (C=N–C) groups is 1. The van der Waals surface area contributed by atoms with E-state index >= 15 is 0 Å². The zero-order chi connectivity index (χ0) is 17.0. The molecule has 0 aliphatic carbocycles. The highest BCUT2D eigenvalue weighted by atomic mass is 35.5. The summed E-state index contributed by atoms with van der Waals surface area (Å²) >= 11 is 7.19. The summed E-state index contributed by atoms with van der Waals surface area (Å²) in [6.07, 6.45) is 6.00. The van der Waals surface area contributed by atoms with Gasteiger partial charge < -0.3 is 0 Å². The largest absolute Gasteiger partial charge is 0.300 e. The molecule has 0 unspecified atom stereocenters. The lowest BCUT2D eigenvalue weighted by Crippen LogP contribution is -2.29. The van der Waals surface area contributed by atoms with Gasteiger partial charge in [0.25, 0.3) is 10.0 Å². The summed E-state index contributed by atoms with van der Waals surface area (Å²) in [4.78, 5) is 7.98. The molecule has 24 heavy (non-hydrogen) atoms. The fourth-order valence-corrected chi connectivity index (χ4v) is 4.85. The van der Waals surface area contributed by atoms with E-state index in [-0.39, 0.29) is 4.90 Å². The van der Waals surface area contributed by atoms with Crippen LogP contribution in [0, 0.1) is 0 Å². The van der Waals surface area contributed by atoms with Crippen LogP contribution in [0.2, 0.25) is 5.02 Å². The highest BCUT2D eigenvalue weighted by molar-refractivity contribution is 8.18. The van der Waals surface area contributed by atoms with Gasteiger partial charge in [-0.25, -0.2) is 8.42 Å². The van der Waals surface area contributed by atoms with E-state index in [0.717, 1.165) is 24.5 Å². The van der Waals surface area contributed by atoms with Crippen LogP contribution in [0.1, 0.15) is 19.3 Å². The van der Waals surface area contributed by atoms with E-state index in [4.69, 9.17) is 11.6 Å². The molecule has 0 spiro atoms. The molecule has 1 saturated heterocycles. The van der Waals surface area contributed by atoms with Gasteiger partial charge >= 0.3 is 0 Å². The molecular formula is C16H20ClN3O2S2. The number of halogens is 1. The van der Waals surface area contributed by atoms with Crippen molar-refractivity contribution in [3.63, 3.8) is 0 Å². The normalized spacial score (nSPS) is 21.0. The van der Waals surface area contributed by atoms with Gasteiger partial charge in [-0.15, -0.1) is 0 Å². The summed E-state index contributed by atoms with van der Waals surface area (Å²) in [5, 5.41) is 0.930. The molecule has 2 aliphatic heterocycles. The van der Waals surface area contributed by atoms with Gasteiger partial charge in [0, 0.05) is 16.5 Å². The molecule has 2 aliphatic rings. The molecule has 2 heterocycles. The topological polar surface area (TPSA) is 61.8 Å². The second kappa shape index (κ2) is 7.91. The Morgan fingerprint density at radius 2 is 1.92 bits per heavy atom. The fraction of sp³-hybridized carbons (Fsp3) is 0.438. The molecule has 5 nitrogen and oxygen atoms in total. The van der Waals surface area contributed by atoms with Gasteiger partial charge in [0.05, 0.1) is 11.4 Å². The Bertz CT molecular complexity index is 739. The van der Waals surface area contributed by atoms with Gasteiger partial charge in [-0.3, -0.25) is 14.6 Å². The first-order valence-corrected chi connectivity index (χ1v) is 10.6. The number of hydrogen-bond donors (Lipinski definition) is 1. The summed E-state index contributed by atoms with van der Waals surface area (Å²) in [7, 11) is -3.62. The van der Waals surface area contributed by atoms with Crippen molar-refractivity contribution in [2.24, 2.45) is 4.99 Å². The Labute approximate surface area is 152 Å². The maximum absolute atomic E-state index is 12.3. The smallest absolute Gasteiger partial charge is 0.263 e. The lowest BCUT2D eigenvalue weighted by atomic mass is 10.1. The SMILES string of the molecule is O=S(=O)(NC1=NC/C(=C\CN2CCCCC2)S1)c1ccc(Cl)cc1. The number of nitrogens with zero attached hydrogens (tertiary/aromatic N) is 2. The van der Waals surface area contributed by atoms with Crippen LogP contribution in [-0.4, -0.2) is 44.7 Å². The second-order valence-electron chi connectivity index (χ2n) is 5.81. The molecule has 1 N–H and O–H groups in total. The molecule has 0 bridgehead atoms. The highest BCUT2D eigenvalue weighted by Gasteiger charge is 2.21. The zero-order valence-electron chi connectivity index (χ0n) is 13.2. The van der Waals surface area contributed by atoms with Crippen molar-refractivity contribution in [3.05, 3.63) is 40.3 Å². The first kappa shape index (κ1) is 17.8. The van der Waals surface area contributed by atoms with E-state index in [1.807, 2.05) is 0 Å². The van der Waals surface area contributed by atoms with E-state index in [1.165, 1.54) is 43.2 Å². The van der Waals surface area contributed by atoms with Gasteiger partial charge in [0.15, 0.2) is 5.17 Å². The monoisotopic (exact) mass is 385 g/mol. The number of benzene rings is 1. The number of likely N-dealkylation sites (tertiary alicyclic amines) is 1. The average molecular weight is 386 g/mol. The summed E-state index contributed by atoms with van der Waals surface area (Å²) in [6, 6.07) is 6.09. The molecular weight excluding hydrogens is 366 g/mol. The number of piperidine rings is 1. The van der Waals surface area contributed by atoms with Crippen LogP contribution in [0.25, 0.3) is 0 Å². The number of thioether (sulfide) groups is 1. The first-order chi connectivity index (χ1) is 11.5. The van der Waals surface area contributed by atoms with Crippen molar-refractivity contribution in [3.8, 4) is 0 Å². The Morgan fingerprint density at radius 3 is 2.62 bits per heavy atom. The minimum atomic E-state index is -3.62. The maximum atomic E-state index is 12.3. The maximum Gasteiger partial charge on any atom is 0.263 e. The third-order valence-electron chi connectivity index (χ3n) is 3.98. The summed E-state index contributed by atoms with van der Waals surface area (Å²) in [5.41, 5.74) is 0. The van der Waals surface area contributed by atoms with Gasteiger partial charge in [-0.05, 0) is 50.2 Å². The third kappa shape index (κ3) is 4.75. The van der Waals surface area contributed by atoms with Crippen molar-refractivity contribution < 1.29 is 8.42 Å². The Balaban J connectivity index is 1.56. The number of amidine groups is 1. The summed E-state index contributed by atoms with van der Waals surface area (Å²) in [6.45, 7) is 3.74. The number of nitrogens with one attached hydrogen (secondary N) is 1. The van der Waals surface area contributed by atoms with Crippen molar-refractivity contribution >= 4 is 38.6 Å². The van der Waals surface area contributed by atoms with Crippen molar-refractivity contribution in [2.75, 3.05) is 26.2 Å². The van der Waals surface area contributed by atoms with Gasteiger partial charge in [0.2, 0.25) is 0 Å². The minimum absolute atomic E-state index is 0.181. The van der Waals surface area contributed by atoms with E-state index in [0.29, 0.717) is 16.7 Å². The second-order valence-corrected chi connectivity index (χ2v) is 9.05. The Kier molecular flexibility index (Phi) is 5.86. The van der Waals surface area contributed by atoms with Crippen LogP contribution in [0.15, 0.2) is 45.1 Å². The van der Waals surface area contributed by atoms with Crippen LogP contribution in [0.4, 0.5) is 0 Å². The number of sulfonamides is 1. The lowest BCUT2D eigenvalue weighted by Gasteiger charge is -2.25. The van der Waals surface area contributed by atoms with Crippen LogP contribution < -0.4 is 4.72 Å². The van der Waals surface area contributed by atoms with Crippen LogP contribution in [0.3, 0.4) is 0 Å². The fourth-order valence-electron chi connectivity index (χ4n) is 2.66. The molecule has 0 atom stereocenters.